The van der Waals surface area contributed by atoms with Crippen molar-refractivity contribution >= 4 is 23.6 Å². The molecule has 0 rings (SSSR count). The van der Waals surface area contributed by atoms with Gasteiger partial charge in [0.25, 0.3) is 5.91 Å². The highest BCUT2D eigenvalue weighted by molar-refractivity contribution is 7.99. The number of nitrogens with two attached hydrogens (primary N) is 1. The van der Waals surface area contributed by atoms with Gasteiger partial charge in [0.1, 0.15) is 6.10 Å². The Morgan fingerprint density at radius 2 is 1.83 bits per heavy atom. The number of amides is 2. The smallest absolute Gasteiger partial charge is 0.268 e. The van der Waals surface area contributed by atoms with Gasteiger partial charge in [-0.3, -0.25) is 20.4 Å². The van der Waals surface area contributed by atoms with Crippen LogP contribution in [0.25, 0.3) is 0 Å². The lowest BCUT2D eigenvalue weighted by Gasteiger charge is -2.18. The zero-order chi connectivity index (χ0) is 14.1. The Hall–Kier alpha value is -0.790. The summed E-state index contributed by atoms with van der Waals surface area (Å²) in [5.74, 6) is 0.528. The maximum absolute atomic E-state index is 11.5. The number of hydrogen-bond acceptors (Lipinski definition) is 5. The Labute approximate surface area is 112 Å². The van der Waals surface area contributed by atoms with Crippen LogP contribution < -0.4 is 16.6 Å². The van der Waals surface area contributed by atoms with Gasteiger partial charge in [-0.25, -0.2) is 0 Å². The third kappa shape index (κ3) is 6.83. The number of aliphatic hydroxyl groups excluding tert-OH is 1. The summed E-state index contributed by atoms with van der Waals surface area (Å²) in [7, 11) is 0. The van der Waals surface area contributed by atoms with Gasteiger partial charge >= 0.3 is 0 Å². The van der Waals surface area contributed by atoms with Crippen molar-refractivity contribution in [3.05, 3.63) is 0 Å². The van der Waals surface area contributed by atoms with Crippen LogP contribution in [0, 0.1) is 5.92 Å². The van der Waals surface area contributed by atoms with Gasteiger partial charge in [0.05, 0.1) is 0 Å². The first-order valence-electron chi connectivity index (χ1n) is 6.01. The van der Waals surface area contributed by atoms with Crippen LogP contribution in [0.4, 0.5) is 0 Å². The Morgan fingerprint density at radius 1 is 1.28 bits per heavy atom. The van der Waals surface area contributed by atoms with E-state index in [0.717, 1.165) is 11.5 Å². The van der Waals surface area contributed by atoms with Crippen LogP contribution in [0.3, 0.4) is 0 Å². The fourth-order valence-electron chi connectivity index (χ4n) is 1.06. The van der Waals surface area contributed by atoms with Gasteiger partial charge in [-0.2, -0.15) is 11.8 Å². The number of nitrogens with one attached hydrogen (secondary N) is 2. The first-order chi connectivity index (χ1) is 8.40. The Morgan fingerprint density at radius 3 is 2.33 bits per heavy atom. The van der Waals surface area contributed by atoms with Gasteiger partial charge in [-0.15, -0.1) is 0 Å². The van der Waals surface area contributed by atoms with E-state index < -0.39 is 18.1 Å². The summed E-state index contributed by atoms with van der Waals surface area (Å²) < 4.78 is 0. The van der Waals surface area contributed by atoms with Crippen LogP contribution in [-0.2, 0) is 9.59 Å². The minimum Gasteiger partial charge on any atom is -0.382 e. The molecule has 2 atom stereocenters. The topological polar surface area (TPSA) is 104 Å². The number of rotatable bonds is 7. The van der Waals surface area contributed by atoms with E-state index in [4.69, 9.17) is 5.73 Å². The first kappa shape index (κ1) is 17.2. The lowest BCUT2D eigenvalue weighted by Crippen LogP contribution is -2.52. The number of carbonyl (C=O) groups excluding carboxylic acids is 2. The molecule has 6 nitrogen and oxygen atoms in total. The zero-order valence-corrected chi connectivity index (χ0v) is 11.9. The molecule has 0 radical (unpaired) electrons. The van der Waals surface area contributed by atoms with Crippen molar-refractivity contribution in [1.82, 2.24) is 10.9 Å². The fraction of sp³-hybridized carbons (Fsp3) is 0.818. The van der Waals surface area contributed by atoms with Crippen molar-refractivity contribution in [3.8, 4) is 0 Å². The van der Waals surface area contributed by atoms with Gasteiger partial charge in [0, 0.05) is 12.0 Å². The molecule has 5 N–H and O–H groups in total. The zero-order valence-electron chi connectivity index (χ0n) is 11.1. The van der Waals surface area contributed by atoms with Crippen LogP contribution >= 0.6 is 11.8 Å². The Balaban J connectivity index is 3.97. The molecule has 0 aromatic rings. The summed E-state index contributed by atoms with van der Waals surface area (Å²) in [5, 5.41) is 9.64. The molecule has 0 fully saturated rings. The highest BCUT2D eigenvalue weighted by atomic mass is 32.2. The molecule has 18 heavy (non-hydrogen) atoms. The van der Waals surface area contributed by atoms with E-state index in [0.29, 0.717) is 6.42 Å². The third-order valence-corrected chi connectivity index (χ3v) is 3.24. The van der Waals surface area contributed by atoms with E-state index in [1.807, 2.05) is 6.92 Å². The molecule has 0 aliphatic heterocycles. The predicted octanol–water partition coefficient (Wildman–Crippen LogP) is -0.379. The summed E-state index contributed by atoms with van der Waals surface area (Å²) in [6.07, 6.45) is -0.763. The molecule has 7 heteroatoms. The molecular formula is C11H23N3O3S. The number of carbonyl (C=O) groups is 2. The third-order valence-electron chi connectivity index (χ3n) is 2.31. The number of hydrazine groups is 1. The summed E-state index contributed by atoms with van der Waals surface area (Å²) in [4.78, 5) is 22.7. The maximum atomic E-state index is 11.5. The van der Waals surface area contributed by atoms with Gasteiger partial charge in [0.2, 0.25) is 5.91 Å². The molecule has 2 unspecified atom stereocenters. The lowest BCUT2D eigenvalue weighted by atomic mass is 10.1. The minimum absolute atomic E-state index is 0.239. The molecule has 0 aliphatic rings. The van der Waals surface area contributed by atoms with E-state index in [1.165, 1.54) is 0 Å². The van der Waals surface area contributed by atoms with E-state index >= 15 is 0 Å². The van der Waals surface area contributed by atoms with Crippen molar-refractivity contribution in [3.63, 3.8) is 0 Å². The summed E-state index contributed by atoms with van der Waals surface area (Å²) in [5.41, 5.74) is 10.1. The molecule has 0 aromatic heterocycles. The van der Waals surface area contributed by atoms with Crippen molar-refractivity contribution in [2.24, 2.45) is 11.7 Å². The number of hydrogen-bond donors (Lipinski definition) is 4. The maximum Gasteiger partial charge on any atom is 0.268 e. The van der Waals surface area contributed by atoms with Crippen LogP contribution in [-0.4, -0.2) is 40.6 Å². The molecule has 0 aromatic carbocycles. The first-order valence-corrected chi connectivity index (χ1v) is 7.16. The van der Waals surface area contributed by atoms with Crippen LogP contribution in [0.2, 0.25) is 0 Å². The van der Waals surface area contributed by atoms with Crippen LogP contribution in [0.5, 0.6) is 0 Å². The monoisotopic (exact) mass is 277 g/mol. The SMILES string of the molecule is CCSCCC(N)C(O)C(=O)NNC(=O)C(C)C. The Kier molecular flexibility index (Phi) is 8.78. The second-order valence-corrected chi connectivity index (χ2v) is 5.62. The Bertz CT molecular complexity index is 274. The van der Waals surface area contributed by atoms with Gasteiger partial charge in [-0.1, -0.05) is 20.8 Å². The highest BCUT2D eigenvalue weighted by Crippen LogP contribution is 2.05. The van der Waals surface area contributed by atoms with E-state index in [1.54, 1.807) is 25.6 Å². The molecule has 0 aliphatic carbocycles. The highest BCUT2D eigenvalue weighted by Gasteiger charge is 2.23. The number of aliphatic hydroxyl groups is 1. The molecule has 0 spiro atoms. The molecule has 106 valence electrons. The number of thioether (sulfide) groups is 1. The standard InChI is InChI=1S/C11H23N3O3S/c1-4-18-6-5-8(12)9(15)11(17)14-13-10(16)7(2)3/h7-9,15H,4-6,12H2,1-3H3,(H,13,16)(H,14,17). The summed E-state index contributed by atoms with van der Waals surface area (Å²) in [6, 6.07) is -0.625. The molecule has 0 heterocycles. The van der Waals surface area contributed by atoms with E-state index in [9.17, 15) is 14.7 Å². The second kappa shape index (κ2) is 9.18. The van der Waals surface area contributed by atoms with Crippen molar-refractivity contribution < 1.29 is 14.7 Å². The average molecular weight is 277 g/mol. The predicted molar refractivity (Wildman–Crippen MR) is 72.7 cm³/mol. The molecule has 0 saturated carbocycles. The molecular weight excluding hydrogens is 254 g/mol. The van der Waals surface area contributed by atoms with Crippen molar-refractivity contribution in [1.29, 1.82) is 0 Å². The fourth-order valence-corrected chi connectivity index (χ4v) is 1.79. The van der Waals surface area contributed by atoms with Crippen molar-refractivity contribution in [2.75, 3.05) is 11.5 Å². The normalized spacial score (nSPS) is 14.1. The summed E-state index contributed by atoms with van der Waals surface area (Å²) >= 11 is 1.70. The minimum atomic E-state index is -1.31. The quantitative estimate of drug-likeness (QED) is 0.375. The van der Waals surface area contributed by atoms with Gasteiger partial charge in [-0.05, 0) is 17.9 Å². The van der Waals surface area contributed by atoms with Gasteiger partial charge < -0.3 is 10.8 Å². The van der Waals surface area contributed by atoms with Gasteiger partial charge in [0.15, 0.2) is 0 Å². The van der Waals surface area contributed by atoms with Crippen LogP contribution in [0.15, 0.2) is 0 Å². The largest absolute Gasteiger partial charge is 0.382 e. The lowest BCUT2D eigenvalue weighted by molar-refractivity contribution is -0.135. The second-order valence-electron chi connectivity index (χ2n) is 4.23. The van der Waals surface area contributed by atoms with Crippen molar-refractivity contribution in [2.45, 2.75) is 39.3 Å². The van der Waals surface area contributed by atoms with Crippen LogP contribution in [0.1, 0.15) is 27.2 Å². The summed E-state index contributed by atoms with van der Waals surface area (Å²) in [6.45, 7) is 5.43. The van der Waals surface area contributed by atoms with E-state index in [2.05, 4.69) is 10.9 Å². The van der Waals surface area contributed by atoms with E-state index in [-0.39, 0.29) is 11.8 Å². The molecule has 0 saturated heterocycles. The average Bonchev–Trinajstić information content (AvgIpc) is 2.34. The molecule has 0 bridgehead atoms. The molecule has 2 amide bonds.